The van der Waals surface area contributed by atoms with Gasteiger partial charge in [0, 0.05) is 10.7 Å². The van der Waals surface area contributed by atoms with Crippen molar-refractivity contribution in [3.63, 3.8) is 0 Å². The van der Waals surface area contributed by atoms with E-state index in [-0.39, 0.29) is 5.91 Å². The zero-order chi connectivity index (χ0) is 20.4. The topological polar surface area (TPSA) is 45.6 Å². The number of halogens is 1. The summed E-state index contributed by atoms with van der Waals surface area (Å²) in [5.41, 5.74) is 3.49. The first-order chi connectivity index (χ1) is 14.0. The standard InChI is InChI=1S/C23H18ClN3OS/c1-15-7-6-10-20(25-15)26-23-27(19-8-4-3-5-9-19)22(28)21(29-23)16(2)17-11-13-18(24)14-12-17/h3-14H,1-2H3/b21-16-,26-23+. The molecule has 2 heterocycles. The van der Waals surface area contributed by atoms with Crippen LogP contribution in [0.2, 0.25) is 5.02 Å². The molecular weight excluding hydrogens is 402 g/mol. The molecule has 0 saturated carbocycles. The van der Waals surface area contributed by atoms with E-state index in [4.69, 9.17) is 11.6 Å². The van der Waals surface area contributed by atoms with Gasteiger partial charge >= 0.3 is 0 Å². The molecule has 0 spiro atoms. The summed E-state index contributed by atoms with van der Waals surface area (Å²) in [6.45, 7) is 3.86. The molecule has 4 nitrogen and oxygen atoms in total. The number of benzene rings is 2. The molecule has 4 rings (SSSR count). The smallest absolute Gasteiger partial charge is 0.268 e. The van der Waals surface area contributed by atoms with Gasteiger partial charge in [-0.05, 0) is 73.1 Å². The van der Waals surface area contributed by atoms with Crippen LogP contribution >= 0.6 is 23.4 Å². The molecule has 2 aromatic carbocycles. The molecule has 144 valence electrons. The minimum atomic E-state index is -0.0972. The van der Waals surface area contributed by atoms with Crippen molar-refractivity contribution in [1.82, 2.24) is 4.98 Å². The highest BCUT2D eigenvalue weighted by Gasteiger charge is 2.36. The average Bonchev–Trinajstić information content (AvgIpc) is 3.04. The molecule has 6 heteroatoms. The molecule has 1 aliphatic rings. The summed E-state index contributed by atoms with van der Waals surface area (Å²) in [7, 11) is 0. The fourth-order valence-electron chi connectivity index (χ4n) is 3.00. The Kier molecular flexibility index (Phi) is 5.51. The van der Waals surface area contributed by atoms with Crippen LogP contribution in [0.25, 0.3) is 5.57 Å². The lowest BCUT2D eigenvalue weighted by Gasteiger charge is -2.15. The number of amidine groups is 1. The molecule has 0 radical (unpaired) electrons. The monoisotopic (exact) mass is 419 g/mol. The van der Waals surface area contributed by atoms with Gasteiger partial charge in [0.1, 0.15) is 0 Å². The Labute approximate surface area is 179 Å². The van der Waals surface area contributed by atoms with E-state index in [1.54, 1.807) is 4.90 Å². The molecule has 29 heavy (non-hydrogen) atoms. The summed E-state index contributed by atoms with van der Waals surface area (Å²) in [6.07, 6.45) is 0. The predicted octanol–water partition coefficient (Wildman–Crippen LogP) is 6.24. The maximum absolute atomic E-state index is 13.4. The third-order valence-electron chi connectivity index (χ3n) is 4.50. The number of aromatic nitrogens is 1. The number of hydrogen-bond acceptors (Lipinski definition) is 4. The van der Waals surface area contributed by atoms with Crippen LogP contribution in [0.4, 0.5) is 11.5 Å². The van der Waals surface area contributed by atoms with E-state index in [1.807, 2.05) is 86.6 Å². The van der Waals surface area contributed by atoms with Crippen LogP contribution < -0.4 is 4.90 Å². The third kappa shape index (κ3) is 4.11. The van der Waals surface area contributed by atoms with Crippen molar-refractivity contribution in [2.75, 3.05) is 4.90 Å². The number of nitrogens with zero attached hydrogens (tertiary/aromatic N) is 3. The SMILES string of the molecule is C/C(=C1/S/C(=N/c2cccc(C)n2)N(c2ccccc2)C1=O)c1ccc(Cl)cc1. The number of thioether (sulfide) groups is 1. The number of allylic oxidation sites excluding steroid dienone is 1. The summed E-state index contributed by atoms with van der Waals surface area (Å²) in [5.74, 6) is 0.478. The number of carbonyl (C=O) groups is 1. The summed E-state index contributed by atoms with van der Waals surface area (Å²) in [4.78, 5) is 24.8. The first-order valence-corrected chi connectivity index (χ1v) is 10.3. The summed E-state index contributed by atoms with van der Waals surface area (Å²) < 4.78 is 0. The van der Waals surface area contributed by atoms with Gasteiger partial charge in [-0.15, -0.1) is 0 Å². The van der Waals surface area contributed by atoms with E-state index in [1.165, 1.54) is 11.8 Å². The highest BCUT2D eigenvalue weighted by Crippen LogP contribution is 2.40. The summed E-state index contributed by atoms with van der Waals surface area (Å²) in [5, 5.41) is 1.25. The van der Waals surface area contributed by atoms with Crippen molar-refractivity contribution in [1.29, 1.82) is 0 Å². The lowest BCUT2D eigenvalue weighted by Crippen LogP contribution is -2.28. The number of pyridine rings is 1. The Morgan fingerprint density at radius 2 is 1.72 bits per heavy atom. The summed E-state index contributed by atoms with van der Waals surface area (Å²) >= 11 is 7.37. The lowest BCUT2D eigenvalue weighted by atomic mass is 10.1. The number of hydrogen-bond donors (Lipinski definition) is 0. The first kappa shape index (κ1) is 19.4. The van der Waals surface area contributed by atoms with Crippen molar-refractivity contribution in [2.24, 2.45) is 4.99 Å². The number of rotatable bonds is 3. The first-order valence-electron chi connectivity index (χ1n) is 9.09. The van der Waals surface area contributed by atoms with Gasteiger partial charge in [-0.3, -0.25) is 9.69 Å². The minimum absolute atomic E-state index is 0.0972. The number of carbonyl (C=O) groups excluding carboxylic acids is 1. The normalized spacial score (nSPS) is 17.1. The molecule has 1 saturated heterocycles. The average molecular weight is 420 g/mol. The second kappa shape index (κ2) is 8.23. The fraction of sp³-hybridized carbons (Fsp3) is 0.0870. The molecule has 0 aliphatic carbocycles. The highest BCUT2D eigenvalue weighted by molar-refractivity contribution is 8.19. The van der Waals surface area contributed by atoms with Crippen molar-refractivity contribution < 1.29 is 4.79 Å². The van der Waals surface area contributed by atoms with Crippen LogP contribution in [0.1, 0.15) is 18.2 Å². The molecule has 0 bridgehead atoms. The zero-order valence-electron chi connectivity index (χ0n) is 16.0. The van der Waals surface area contributed by atoms with E-state index in [2.05, 4.69) is 9.98 Å². The number of anilines is 1. The third-order valence-corrected chi connectivity index (χ3v) is 5.89. The Bertz CT molecular complexity index is 1120. The van der Waals surface area contributed by atoms with Gasteiger partial charge < -0.3 is 0 Å². The van der Waals surface area contributed by atoms with Crippen LogP contribution in [0.5, 0.6) is 0 Å². The van der Waals surface area contributed by atoms with Gasteiger partial charge in [0.2, 0.25) is 0 Å². The van der Waals surface area contributed by atoms with Crippen LogP contribution in [-0.4, -0.2) is 16.1 Å². The van der Waals surface area contributed by atoms with Crippen molar-refractivity contribution in [2.45, 2.75) is 13.8 Å². The Morgan fingerprint density at radius 1 is 1.00 bits per heavy atom. The quantitative estimate of drug-likeness (QED) is 0.472. The van der Waals surface area contributed by atoms with Crippen molar-refractivity contribution in [3.8, 4) is 0 Å². The minimum Gasteiger partial charge on any atom is -0.268 e. The van der Waals surface area contributed by atoms with E-state index < -0.39 is 0 Å². The van der Waals surface area contributed by atoms with Crippen molar-refractivity contribution in [3.05, 3.63) is 94.0 Å². The highest BCUT2D eigenvalue weighted by atomic mass is 35.5. The van der Waals surface area contributed by atoms with Crippen LogP contribution in [-0.2, 0) is 4.79 Å². The lowest BCUT2D eigenvalue weighted by molar-refractivity contribution is -0.113. The van der Waals surface area contributed by atoms with Gasteiger partial charge in [-0.25, -0.2) is 9.98 Å². The molecule has 1 amide bonds. The molecule has 3 aromatic rings. The van der Waals surface area contributed by atoms with Crippen LogP contribution in [0.3, 0.4) is 0 Å². The number of amides is 1. The van der Waals surface area contributed by atoms with E-state index in [9.17, 15) is 4.79 Å². The Balaban J connectivity index is 1.82. The van der Waals surface area contributed by atoms with Gasteiger partial charge in [-0.2, -0.15) is 0 Å². The number of aryl methyl sites for hydroxylation is 1. The fourth-order valence-corrected chi connectivity index (χ4v) is 4.18. The van der Waals surface area contributed by atoms with Gasteiger partial charge in [-0.1, -0.05) is 48.0 Å². The van der Waals surface area contributed by atoms with Gasteiger partial charge in [0.15, 0.2) is 11.0 Å². The molecule has 0 N–H and O–H groups in total. The van der Waals surface area contributed by atoms with E-state index in [0.717, 1.165) is 22.5 Å². The van der Waals surface area contributed by atoms with Crippen LogP contribution in [0, 0.1) is 6.92 Å². The summed E-state index contributed by atoms with van der Waals surface area (Å²) in [6, 6.07) is 22.7. The second-order valence-electron chi connectivity index (χ2n) is 6.57. The molecule has 1 aromatic heterocycles. The molecule has 0 unspecified atom stereocenters. The predicted molar refractivity (Wildman–Crippen MR) is 122 cm³/mol. The zero-order valence-corrected chi connectivity index (χ0v) is 17.5. The maximum atomic E-state index is 13.4. The Morgan fingerprint density at radius 3 is 2.41 bits per heavy atom. The number of para-hydroxylation sites is 1. The maximum Gasteiger partial charge on any atom is 0.271 e. The molecule has 1 fully saturated rings. The largest absolute Gasteiger partial charge is 0.271 e. The van der Waals surface area contributed by atoms with Gasteiger partial charge in [0.25, 0.3) is 5.91 Å². The molecular formula is C23H18ClN3OS. The van der Waals surface area contributed by atoms with E-state index in [0.29, 0.717) is 20.9 Å². The molecule has 0 atom stereocenters. The number of aliphatic imine (C=N–C) groups is 1. The molecule has 1 aliphatic heterocycles. The van der Waals surface area contributed by atoms with Crippen molar-refractivity contribution >= 4 is 51.5 Å². The van der Waals surface area contributed by atoms with Gasteiger partial charge in [0.05, 0.1) is 10.6 Å². The second-order valence-corrected chi connectivity index (χ2v) is 7.98. The van der Waals surface area contributed by atoms with Crippen LogP contribution in [0.15, 0.2) is 82.7 Å². The van der Waals surface area contributed by atoms with E-state index >= 15 is 0 Å². The Hall–Kier alpha value is -2.89.